The maximum absolute atomic E-state index is 12.4. The molecule has 1 aromatic heterocycles. The third-order valence-corrected chi connectivity index (χ3v) is 4.82. The summed E-state index contributed by atoms with van der Waals surface area (Å²) in [7, 11) is 0. The fraction of sp³-hybridized carbons (Fsp3) is 0.692. The van der Waals surface area contributed by atoms with Crippen LogP contribution in [-0.4, -0.2) is 48.0 Å². The smallest absolute Gasteiger partial charge is 0.267 e. The highest BCUT2D eigenvalue weighted by Gasteiger charge is 2.24. The molecule has 20 heavy (non-hydrogen) atoms. The fourth-order valence-corrected chi connectivity index (χ4v) is 3.36. The molecule has 1 fully saturated rings. The van der Waals surface area contributed by atoms with Gasteiger partial charge < -0.3 is 21.3 Å². The molecule has 0 aliphatic carbocycles. The topological polar surface area (TPSA) is 88.5 Å². The lowest BCUT2D eigenvalue weighted by atomic mass is 10.1. The van der Waals surface area contributed by atoms with Crippen molar-refractivity contribution in [1.29, 1.82) is 0 Å². The zero-order valence-electron chi connectivity index (χ0n) is 12.1. The van der Waals surface area contributed by atoms with E-state index in [-0.39, 0.29) is 11.9 Å². The van der Waals surface area contributed by atoms with Crippen molar-refractivity contribution >= 4 is 28.2 Å². The highest BCUT2D eigenvalue weighted by atomic mass is 32.1. The second-order valence-corrected chi connectivity index (χ2v) is 5.99. The molecular formula is C13H23N5OS. The van der Waals surface area contributed by atoms with Gasteiger partial charge in [-0.2, -0.15) is 0 Å². The van der Waals surface area contributed by atoms with Crippen molar-refractivity contribution in [3.05, 3.63) is 4.88 Å². The number of hydrogen-bond donors (Lipinski definition) is 2. The Labute approximate surface area is 123 Å². The molecule has 0 aromatic carbocycles. The van der Waals surface area contributed by atoms with E-state index < -0.39 is 0 Å². The summed E-state index contributed by atoms with van der Waals surface area (Å²) in [6.07, 6.45) is 1.91. The molecule has 0 atom stereocenters. The van der Waals surface area contributed by atoms with Gasteiger partial charge in [-0.1, -0.05) is 11.3 Å². The van der Waals surface area contributed by atoms with E-state index in [0.717, 1.165) is 31.1 Å². The molecule has 1 aliphatic rings. The van der Waals surface area contributed by atoms with Gasteiger partial charge in [-0.3, -0.25) is 4.79 Å². The van der Waals surface area contributed by atoms with Gasteiger partial charge in [-0.05, 0) is 26.7 Å². The Balaban J connectivity index is 2.15. The first-order valence-electron chi connectivity index (χ1n) is 7.12. The number of anilines is 2. The molecule has 0 saturated carbocycles. The number of carbonyl (C=O) groups is 1. The van der Waals surface area contributed by atoms with E-state index in [9.17, 15) is 4.79 Å². The molecule has 4 N–H and O–H groups in total. The Hall–Kier alpha value is -1.34. The molecule has 2 heterocycles. The van der Waals surface area contributed by atoms with Gasteiger partial charge in [0.1, 0.15) is 10.7 Å². The van der Waals surface area contributed by atoms with Gasteiger partial charge in [0.2, 0.25) is 0 Å². The first kappa shape index (κ1) is 15.1. The maximum Gasteiger partial charge on any atom is 0.267 e. The van der Waals surface area contributed by atoms with Gasteiger partial charge in [0.05, 0.1) is 0 Å². The van der Waals surface area contributed by atoms with Gasteiger partial charge in [-0.25, -0.2) is 4.98 Å². The van der Waals surface area contributed by atoms with Crippen molar-refractivity contribution in [2.24, 2.45) is 5.73 Å². The number of rotatable bonds is 4. The van der Waals surface area contributed by atoms with E-state index in [1.54, 1.807) is 4.90 Å². The van der Waals surface area contributed by atoms with Crippen LogP contribution in [0.15, 0.2) is 0 Å². The minimum atomic E-state index is -0.0232. The molecule has 112 valence electrons. The van der Waals surface area contributed by atoms with Crippen molar-refractivity contribution in [2.75, 3.05) is 36.8 Å². The average molecular weight is 297 g/mol. The molecule has 0 unspecified atom stereocenters. The van der Waals surface area contributed by atoms with E-state index in [1.165, 1.54) is 11.3 Å². The van der Waals surface area contributed by atoms with Crippen LogP contribution in [0.2, 0.25) is 0 Å². The fourth-order valence-electron chi connectivity index (χ4n) is 2.35. The van der Waals surface area contributed by atoms with Crippen molar-refractivity contribution in [1.82, 2.24) is 9.88 Å². The molecule has 1 aromatic rings. The third-order valence-electron chi connectivity index (χ3n) is 3.70. The zero-order chi connectivity index (χ0) is 14.7. The molecule has 1 aliphatic heterocycles. The van der Waals surface area contributed by atoms with Gasteiger partial charge in [0, 0.05) is 32.2 Å². The lowest BCUT2D eigenvalue weighted by molar-refractivity contribution is 0.0778. The van der Waals surface area contributed by atoms with Gasteiger partial charge in [0.25, 0.3) is 5.91 Å². The number of nitrogens with two attached hydrogens (primary N) is 2. The first-order chi connectivity index (χ1) is 9.56. The van der Waals surface area contributed by atoms with Crippen LogP contribution in [0.5, 0.6) is 0 Å². The highest BCUT2D eigenvalue weighted by molar-refractivity contribution is 7.18. The minimum absolute atomic E-state index is 0.0232. The number of nitrogens with zero attached hydrogens (tertiary/aromatic N) is 3. The molecule has 1 amide bonds. The lowest BCUT2D eigenvalue weighted by Crippen LogP contribution is -2.39. The largest absolute Gasteiger partial charge is 0.382 e. The van der Waals surface area contributed by atoms with Crippen LogP contribution in [0.1, 0.15) is 36.4 Å². The summed E-state index contributed by atoms with van der Waals surface area (Å²) in [6.45, 7) is 7.05. The first-order valence-corrected chi connectivity index (χ1v) is 7.94. The highest BCUT2D eigenvalue weighted by Crippen LogP contribution is 2.30. The molecule has 1 saturated heterocycles. The van der Waals surface area contributed by atoms with Gasteiger partial charge in [0.15, 0.2) is 5.13 Å². The van der Waals surface area contributed by atoms with Crippen LogP contribution in [0.3, 0.4) is 0 Å². The number of amides is 1. The molecule has 0 bridgehead atoms. The van der Waals surface area contributed by atoms with Crippen molar-refractivity contribution in [3.63, 3.8) is 0 Å². The third kappa shape index (κ3) is 3.04. The summed E-state index contributed by atoms with van der Waals surface area (Å²) < 4.78 is 0. The van der Waals surface area contributed by atoms with E-state index in [1.807, 2.05) is 13.8 Å². The van der Waals surface area contributed by atoms with Crippen LogP contribution in [0.4, 0.5) is 10.9 Å². The number of hydrogen-bond acceptors (Lipinski definition) is 6. The lowest BCUT2D eigenvalue weighted by Gasteiger charge is -2.29. The Morgan fingerprint density at radius 3 is 2.55 bits per heavy atom. The second kappa shape index (κ2) is 6.41. The Kier molecular flexibility index (Phi) is 4.82. The van der Waals surface area contributed by atoms with Crippen LogP contribution in [0.25, 0.3) is 0 Å². The SMILES string of the molecule is CCN(CC)C(=O)c1sc(N2CCC(N)CC2)nc1N. The van der Waals surface area contributed by atoms with Crippen molar-refractivity contribution < 1.29 is 4.79 Å². The maximum atomic E-state index is 12.4. The van der Waals surface area contributed by atoms with E-state index in [2.05, 4.69) is 9.88 Å². The molecule has 0 radical (unpaired) electrons. The summed E-state index contributed by atoms with van der Waals surface area (Å²) in [5.74, 6) is 0.321. The molecule has 6 nitrogen and oxygen atoms in total. The average Bonchev–Trinajstić information content (AvgIpc) is 2.83. The summed E-state index contributed by atoms with van der Waals surface area (Å²) in [5, 5.41) is 0.838. The standard InChI is InChI=1S/C13H23N5OS/c1-3-17(4-2)12(19)10-11(15)16-13(20-10)18-7-5-9(14)6-8-18/h9H,3-8,14-15H2,1-2H3. The van der Waals surface area contributed by atoms with E-state index >= 15 is 0 Å². The number of piperidine rings is 1. The van der Waals surface area contributed by atoms with Gasteiger partial charge in [-0.15, -0.1) is 0 Å². The summed E-state index contributed by atoms with van der Waals surface area (Å²) in [4.78, 5) is 21.2. The number of carbonyl (C=O) groups excluding carboxylic acids is 1. The molecule has 7 heteroatoms. The second-order valence-electron chi connectivity index (χ2n) is 5.01. The van der Waals surface area contributed by atoms with Crippen molar-refractivity contribution in [2.45, 2.75) is 32.7 Å². The van der Waals surface area contributed by atoms with Crippen molar-refractivity contribution in [3.8, 4) is 0 Å². The van der Waals surface area contributed by atoms with Crippen LogP contribution < -0.4 is 16.4 Å². The van der Waals surface area contributed by atoms with E-state index in [4.69, 9.17) is 11.5 Å². The predicted octanol–water partition coefficient (Wildman–Crippen LogP) is 1.13. The quantitative estimate of drug-likeness (QED) is 0.870. The number of nitrogen functional groups attached to an aromatic ring is 1. The minimum Gasteiger partial charge on any atom is -0.382 e. The molecular weight excluding hydrogens is 274 g/mol. The van der Waals surface area contributed by atoms with E-state index in [0.29, 0.717) is 23.8 Å². The molecule has 2 rings (SSSR count). The Morgan fingerprint density at radius 1 is 1.40 bits per heavy atom. The monoisotopic (exact) mass is 297 g/mol. The van der Waals surface area contributed by atoms with Gasteiger partial charge >= 0.3 is 0 Å². The van der Waals surface area contributed by atoms with Crippen LogP contribution in [0, 0.1) is 0 Å². The molecule has 0 spiro atoms. The number of thiazole rings is 1. The van der Waals surface area contributed by atoms with Crippen LogP contribution in [-0.2, 0) is 0 Å². The normalized spacial score (nSPS) is 16.4. The summed E-state index contributed by atoms with van der Waals surface area (Å²) in [6, 6.07) is 0.278. The summed E-state index contributed by atoms with van der Waals surface area (Å²) >= 11 is 1.39. The predicted molar refractivity (Wildman–Crippen MR) is 83.2 cm³/mol. The Bertz CT molecular complexity index is 463. The van der Waals surface area contributed by atoms with Crippen LogP contribution >= 0.6 is 11.3 Å². The summed E-state index contributed by atoms with van der Waals surface area (Å²) in [5.41, 5.74) is 11.8. The number of aromatic nitrogens is 1. The Morgan fingerprint density at radius 2 is 2.00 bits per heavy atom. The zero-order valence-corrected chi connectivity index (χ0v) is 12.9.